The average Bonchev–Trinajstić information content (AvgIpc) is 3.03. The first-order chi connectivity index (χ1) is 23.3. The second-order valence-electron chi connectivity index (χ2n) is 11.4. The maximum Gasteiger partial charge on any atom is 0.246 e. The number of pyridine rings is 1. The summed E-state index contributed by atoms with van der Waals surface area (Å²) in [4.78, 5) is 26.1. The Morgan fingerprint density at radius 3 is 2.63 bits per heavy atom. The summed E-state index contributed by atoms with van der Waals surface area (Å²) in [5, 5.41) is 22.6. The van der Waals surface area contributed by atoms with Crippen molar-refractivity contribution in [3.05, 3.63) is 71.4 Å². The molecule has 3 aliphatic rings. The summed E-state index contributed by atoms with van der Waals surface area (Å²) in [6, 6.07) is 15.8. The molecule has 2 aromatic carbocycles. The molecule has 3 aromatic rings. The first-order valence-electron chi connectivity index (χ1n) is 17.5. The van der Waals surface area contributed by atoms with Crippen molar-refractivity contribution >= 4 is 33.9 Å². The molecular formula is C34H38N8O. The Bertz CT molecular complexity index is 1850. The minimum atomic E-state index is -2.83. The van der Waals surface area contributed by atoms with E-state index in [-0.39, 0.29) is 25.4 Å². The zero-order valence-corrected chi connectivity index (χ0v) is 24.3. The number of fused-ring (bicyclic) bond motifs is 2. The number of benzene rings is 2. The van der Waals surface area contributed by atoms with Gasteiger partial charge < -0.3 is 24.5 Å². The number of likely N-dealkylation sites (N-methyl/N-ethyl adjacent to an activating group) is 1. The zero-order valence-electron chi connectivity index (χ0n) is 30.3. The normalized spacial score (nSPS) is 21.3. The van der Waals surface area contributed by atoms with E-state index in [1.807, 2.05) is 12.1 Å². The molecule has 43 heavy (non-hydrogen) atoms. The molecule has 1 atom stereocenters. The third-order valence-corrected chi connectivity index (χ3v) is 8.96. The molecule has 0 saturated carbocycles. The molecule has 1 amide bonds. The summed E-state index contributed by atoms with van der Waals surface area (Å²) in [5.41, 5.74) is 4.96. The topological polar surface area (TPSA) is 93.7 Å². The van der Waals surface area contributed by atoms with E-state index in [9.17, 15) is 15.3 Å². The molecule has 6 rings (SSSR count). The second-order valence-corrected chi connectivity index (χ2v) is 11.4. The predicted molar refractivity (Wildman–Crippen MR) is 170 cm³/mol. The maximum atomic E-state index is 12.7. The average molecular weight is 581 g/mol. The fourth-order valence-corrected chi connectivity index (χ4v) is 6.74. The van der Waals surface area contributed by atoms with Crippen LogP contribution >= 0.6 is 0 Å². The van der Waals surface area contributed by atoms with Crippen LogP contribution in [0, 0.1) is 29.6 Å². The van der Waals surface area contributed by atoms with Gasteiger partial charge in [-0.05, 0) is 50.4 Å². The van der Waals surface area contributed by atoms with E-state index in [0.717, 1.165) is 33.3 Å². The van der Waals surface area contributed by atoms with Gasteiger partial charge in [-0.15, -0.1) is 0 Å². The van der Waals surface area contributed by atoms with Gasteiger partial charge in [0.15, 0.2) is 0 Å². The summed E-state index contributed by atoms with van der Waals surface area (Å²) >= 11 is 0. The molecular weight excluding hydrogens is 536 g/mol. The highest BCUT2D eigenvalue weighted by atomic mass is 16.2. The van der Waals surface area contributed by atoms with Crippen molar-refractivity contribution in [1.82, 2.24) is 14.8 Å². The Labute approximate surface area is 262 Å². The number of hydrogen-bond acceptors (Lipinski definition) is 8. The van der Waals surface area contributed by atoms with Crippen molar-refractivity contribution < 1.29 is 13.0 Å². The number of piperazine rings is 1. The Hall–Kier alpha value is -4.60. The van der Waals surface area contributed by atoms with E-state index in [1.54, 1.807) is 9.80 Å². The second kappa shape index (κ2) is 11.6. The Balaban J connectivity index is 1.43. The molecule has 4 heterocycles. The molecule has 0 unspecified atom stereocenters. The van der Waals surface area contributed by atoms with Crippen LogP contribution in [0.5, 0.6) is 0 Å². The largest absolute Gasteiger partial charge is 0.366 e. The number of hydrogen-bond donors (Lipinski definition) is 0. The number of amides is 1. The molecule has 0 aliphatic carbocycles. The van der Waals surface area contributed by atoms with Crippen molar-refractivity contribution in [1.29, 1.82) is 10.5 Å². The molecule has 220 valence electrons. The summed E-state index contributed by atoms with van der Waals surface area (Å²) in [6.07, 6.45) is 1.96. The minimum Gasteiger partial charge on any atom is -0.366 e. The number of carbonyl (C=O) groups is 1. The zero-order chi connectivity index (χ0) is 35.2. The molecule has 2 fully saturated rings. The Morgan fingerprint density at radius 1 is 1.12 bits per heavy atom. The first-order valence-corrected chi connectivity index (χ1v) is 14.5. The third kappa shape index (κ3) is 5.04. The van der Waals surface area contributed by atoms with Crippen LogP contribution in [0.2, 0.25) is 0 Å². The number of anilines is 3. The number of aryl methyl sites for hydroxylation is 1. The molecule has 0 N–H and O–H groups in total. The maximum absolute atomic E-state index is 12.7. The van der Waals surface area contributed by atoms with Gasteiger partial charge in [-0.25, -0.2) is 4.98 Å². The summed E-state index contributed by atoms with van der Waals surface area (Å²) in [5.74, 6) is 0.125. The fourth-order valence-electron chi connectivity index (χ4n) is 6.74. The van der Waals surface area contributed by atoms with Crippen LogP contribution in [0.25, 0.3) is 10.8 Å². The summed E-state index contributed by atoms with van der Waals surface area (Å²) < 4.78 is 47.3. The van der Waals surface area contributed by atoms with Gasteiger partial charge in [-0.2, -0.15) is 10.5 Å². The lowest BCUT2D eigenvalue weighted by atomic mass is 9.94. The van der Waals surface area contributed by atoms with Crippen LogP contribution in [0.4, 0.5) is 17.2 Å². The summed E-state index contributed by atoms with van der Waals surface area (Å²) in [6.45, 7) is 2.42. The molecule has 0 spiro atoms. The van der Waals surface area contributed by atoms with E-state index >= 15 is 0 Å². The van der Waals surface area contributed by atoms with Gasteiger partial charge in [0, 0.05) is 70.2 Å². The minimum absolute atomic E-state index is 0.0710. The third-order valence-electron chi connectivity index (χ3n) is 8.96. The van der Waals surface area contributed by atoms with Crippen LogP contribution in [-0.2, 0) is 17.8 Å². The standard InChI is InChI=1S/C34H38N8O/c1-5-31(43)42-17-16-40(19-25(42)12-14-35)33-27-13-15-39(30-11-7-10-24-9-6-8-23(2)32(24)30)22-29(27)37-34(28(33)18-36)41-20-26(21-41)38(3)4/h5-11,25-26H,1,12-13,15-17,19-22H2,2-4H3/t25-/m0/s1/i3D3,4D3. The molecule has 0 bridgehead atoms. The van der Waals surface area contributed by atoms with Gasteiger partial charge in [-0.3, -0.25) is 4.79 Å². The first kappa shape index (κ1) is 22.0. The lowest BCUT2D eigenvalue weighted by Crippen LogP contribution is -2.58. The van der Waals surface area contributed by atoms with Crippen molar-refractivity contribution in [2.75, 3.05) is 67.9 Å². The monoisotopic (exact) mass is 580 g/mol. The number of nitriles is 2. The quantitative estimate of drug-likeness (QED) is 0.406. The van der Waals surface area contributed by atoms with Crippen LogP contribution in [0.1, 0.15) is 37.0 Å². The van der Waals surface area contributed by atoms with Gasteiger partial charge in [0.05, 0.1) is 36.5 Å². The van der Waals surface area contributed by atoms with Gasteiger partial charge in [-0.1, -0.05) is 36.9 Å². The Morgan fingerprint density at radius 2 is 1.91 bits per heavy atom. The molecule has 1 aromatic heterocycles. The number of carbonyl (C=O) groups excluding carboxylic acids is 1. The van der Waals surface area contributed by atoms with Gasteiger partial charge >= 0.3 is 0 Å². The highest BCUT2D eigenvalue weighted by Gasteiger charge is 2.38. The van der Waals surface area contributed by atoms with Gasteiger partial charge in [0.1, 0.15) is 17.5 Å². The number of aromatic nitrogens is 1. The van der Waals surface area contributed by atoms with E-state index in [4.69, 9.17) is 13.2 Å². The molecule has 0 radical (unpaired) electrons. The number of nitrogens with zero attached hydrogens (tertiary/aromatic N) is 8. The van der Waals surface area contributed by atoms with Crippen molar-refractivity contribution in [3.63, 3.8) is 0 Å². The highest BCUT2D eigenvalue weighted by molar-refractivity contribution is 5.97. The molecule has 9 nitrogen and oxygen atoms in total. The van der Waals surface area contributed by atoms with Gasteiger partial charge in [0.25, 0.3) is 0 Å². The smallest absolute Gasteiger partial charge is 0.246 e. The van der Waals surface area contributed by atoms with Crippen molar-refractivity contribution in [2.45, 2.75) is 38.4 Å². The van der Waals surface area contributed by atoms with Crippen molar-refractivity contribution in [3.8, 4) is 12.1 Å². The number of rotatable bonds is 6. The van der Waals surface area contributed by atoms with Crippen LogP contribution in [0.15, 0.2) is 49.1 Å². The molecule has 3 aliphatic heterocycles. The molecule has 9 heteroatoms. The van der Waals surface area contributed by atoms with Crippen molar-refractivity contribution in [2.24, 2.45) is 0 Å². The van der Waals surface area contributed by atoms with Gasteiger partial charge in [0.2, 0.25) is 5.91 Å². The van der Waals surface area contributed by atoms with Crippen LogP contribution < -0.4 is 14.7 Å². The fraction of sp³-hybridized carbons (Fsp3) is 0.412. The van der Waals surface area contributed by atoms with E-state index in [1.165, 1.54) is 6.08 Å². The molecule has 2 saturated heterocycles. The van der Waals surface area contributed by atoms with Crippen LogP contribution in [-0.4, -0.2) is 86.0 Å². The summed E-state index contributed by atoms with van der Waals surface area (Å²) in [7, 11) is 0. The van der Waals surface area contributed by atoms with Crippen LogP contribution in [0.3, 0.4) is 0 Å². The Kier molecular flexibility index (Phi) is 5.93. The van der Waals surface area contributed by atoms with E-state index < -0.39 is 26.0 Å². The lowest BCUT2D eigenvalue weighted by molar-refractivity contribution is -0.128. The predicted octanol–water partition coefficient (Wildman–Crippen LogP) is 3.84. The lowest BCUT2D eigenvalue weighted by Gasteiger charge is -2.46. The SMILES string of the molecule is [2H]C([2H])([2H])N(C1CN(c2nc3c(c(N4CCN(C(=O)C=C)[C@@H](CC#N)C4)c2C#N)CCN(c2cccc4cccc(C)c24)C3)C1)C([2H])([2H])[2H]. The van der Waals surface area contributed by atoms with E-state index in [2.05, 4.69) is 59.7 Å². The highest BCUT2D eigenvalue weighted by Crippen LogP contribution is 2.41. The van der Waals surface area contributed by atoms with E-state index in [0.29, 0.717) is 61.1 Å².